The molecule has 0 aliphatic carbocycles. The van der Waals surface area contributed by atoms with Crippen molar-refractivity contribution in [2.75, 3.05) is 33.9 Å². The predicted molar refractivity (Wildman–Crippen MR) is 78.2 cm³/mol. The van der Waals surface area contributed by atoms with Crippen LogP contribution >= 0.6 is 0 Å². The zero-order valence-electron chi connectivity index (χ0n) is 13.0. The van der Waals surface area contributed by atoms with E-state index in [9.17, 15) is 4.79 Å². The van der Waals surface area contributed by atoms with Crippen molar-refractivity contribution in [3.05, 3.63) is 0 Å². The Hall–Kier alpha value is -0.610. The number of nitrogens with one attached hydrogen (secondary N) is 1. The third kappa shape index (κ3) is 5.11. The molecule has 0 bridgehead atoms. The first kappa shape index (κ1) is 16.4. The fraction of sp³-hybridized carbons (Fsp3) is 0.933. The first-order chi connectivity index (χ1) is 9.00. The van der Waals surface area contributed by atoms with E-state index in [1.165, 1.54) is 0 Å². The van der Waals surface area contributed by atoms with Gasteiger partial charge in [0.25, 0.3) is 0 Å². The molecule has 0 spiro atoms. The highest BCUT2D eigenvalue weighted by Gasteiger charge is 2.35. The van der Waals surface area contributed by atoms with Crippen LogP contribution < -0.4 is 5.32 Å². The summed E-state index contributed by atoms with van der Waals surface area (Å²) in [6.07, 6.45) is 4.90. The maximum absolute atomic E-state index is 12.0. The van der Waals surface area contributed by atoms with E-state index in [4.69, 9.17) is 4.74 Å². The molecule has 1 aliphatic rings. The molecule has 0 aromatic rings. The number of rotatable bonds is 7. The first-order valence-corrected chi connectivity index (χ1v) is 7.52. The first-order valence-electron chi connectivity index (χ1n) is 7.52. The van der Waals surface area contributed by atoms with Gasteiger partial charge in [-0.1, -0.05) is 26.7 Å². The number of hydrogen-bond acceptors (Lipinski definition) is 3. The van der Waals surface area contributed by atoms with Crippen LogP contribution in [0.25, 0.3) is 0 Å². The van der Waals surface area contributed by atoms with E-state index in [1.807, 2.05) is 0 Å². The lowest BCUT2D eigenvalue weighted by atomic mass is 9.88. The van der Waals surface area contributed by atoms with Gasteiger partial charge in [0, 0.05) is 31.7 Å². The van der Waals surface area contributed by atoms with Crippen molar-refractivity contribution in [1.82, 2.24) is 10.2 Å². The maximum atomic E-state index is 12.0. The normalized spacial score (nSPS) is 20.3. The monoisotopic (exact) mass is 270 g/mol. The lowest BCUT2D eigenvalue weighted by Crippen LogP contribution is -2.55. The number of likely N-dealkylation sites (N-methyl/N-ethyl adjacent to an activating group) is 1. The molecular weight excluding hydrogens is 240 g/mol. The highest BCUT2D eigenvalue weighted by Crippen LogP contribution is 2.25. The van der Waals surface area contributed by atoms with Crippen molar-refractivity contribution >= 4 is 5.91 Å². The Bertz CT molecular complexity index is 273. The number of amides is 1. The van der Waals surface area contributed by atoms with Crippen molar-refractivity contribution in [2.45, 2.75) is 51.5 Å². The van der Waals surface area contributed by atoms with Gasteiger partial charge in [0.15, 0.2) is 0 Å². The van der Waals surface area contributed by atoms with Crippen LogP contribution in [0.2, 0.25) is 0 Å². The topological polar surface area (TPSA) is 41.6 Å². The van der Waals surface area contributed by atoms with E-state index in [-0.39, 0.29) is 11.4 Å². The molecule has 1 fully saturated rings. The Kier molecular flexibility index (Phi) is 6.80. The molecule has 0 aromatic carbocycles. The second-order valence-corrected chi connectivity index (χ2v) is 6.11. The minimum atomic E-state index is 0.0713. The number of nitrogens with zero attached hydrogens (tertiary/aromatic N) is 1. The van der Waals surface area contributed by atoms with Gasteiger partial charge < -0.3 is 15.0 Å². The molecule has 1 aliphatic heterocycles. The molecular formula is C15H30N2O2. The summed E-state index contributed by atoms with van der Waals surface area (Å²) in [4.78, 5) is 14.2. The van der Waals surface area contributed by atoms with E-state index in [0.717, 1.165) is 45.4 Å². The largest absolute Gasteiger partial charge is 0.381 e. The molecule has 1 N–H and O–H groups in total. The minimum Gasteiger partial charge on any atom is -0.381 e. The Morgan fingerprint density at radius 3 is 2.53 bits per heavy atom. The number of ether oxygens (including phenoxy) is 1. The third-order valence-electron chi connectivity index (χ3n) is 4.30. The highest BCUT2D eigenvalue weighted by atomic mass is 16.5. The summed E-state index contributed by atoms with van der Waals surface area (Å²) in [6, 6.07) is 0. The van der Waals surface area contributed by atoms with E-state index >= 15 is 0 Å². The van der Waals surface area contributed by atoms with E-state index < -0.39 is 0 Å². The predicted octanol–water partition coefficient (Wildman–Crippen LogP) is 2.04. The molecule has 0 saturated carbocycles. The molecule has 112 valence electrons. The molecule has 4 heteroatoms. The van der Waals surface area contributed by atoms with Crippen molar-refractivity contribution in [1.29, 1.82) is 0 Å². The smallest absolute Gasteiger partial charge is 0.220 e. The second kappa shape index (κ2) is 7.85. The quantitative estimate of drug-likeness (QED) is 0.770. The van der Waals surface area contributed by atoms with E-state index in [2.05, 4.69) is 38.2 Å². The Labute approximate surface area is 117 Å². The summed E-state index contributed by atoms with van der Waals surface area (Å²) in [6.45, 7) is 6.64. The standard InChI is InChI=1S/C15H30N2O2/c1-5-6-13(2)11-14(18)16-12-15(17(3)4)7-9-19-10-8-15/h13H,5-12H2,1-4H3,(H,16,18). The van der Waals surface area contributed by atoms with Crippen LogP contribution in [0.1, 0.15) is 46.0 Å². The lowest BCUT2D eigenvalue weighted by Gasteiger charge is -2.42. The van der Waals surface area contributed by atoms with Gasteiger partial charge in [-0.25, -0.2) is 0 Å². The second-order valence-electron chi connectivity index (χ2n) is 6.11. The zero-order valence-corrected chi connectivity index (χ0v) is 13.0. The number of carbonyl (C=O) groups excluding carboxylic acids is 1. The maximum Gasteiger partial charge on any atom is 0.220 e. The Balaban J connectivity index is 2.41. The highest BCUT2D eigenvalue weighted by molar-refractivity contribution is 5.76. The summed E-state index contributed by atoms with van der Waals surface area (Å²) >= 11 is 0. The summed E-state index contributed by atoms with van der Waals surface area (Å²) in [5, 5.41) is 3.13. The molecule has 1 saturated heterocycles. The molecule has 1 heterocycles. The van der Waals surface area contributed by atoms with Crippen LogP contribution in [0, 0.1) is 5.92 Å². The Morgan fingerprint density at radius 1 is 1.37 bits per heavy atom. The van der Waals surface area contributed by atoms with Gasteiger partial charge in [-0.2, -0.15) is 0 Å². The number of hydrogen-bond donors (Lipinski definition) is 1. The zero-order chi connectivity index (χ0) is 14.3. The average molecular weight is 270 g/mol. The van der Waals surface area contributed by atoms with Gasteiger partial charge in [0.2, 0.25) is 5.91 Å². The summed E-state index contributed by atoms with van der Waals surface area (Å²) in [5.74, 6) is 0.670. The van der Waals surface area contributed by atoms with Gasteiger partial charge in [-0.05, 0) is 32.9 Å². The van der Waals surface area contributed by atoms with Crippen molar-refractivity contribution in [3.63, 3.8) is 0 Å². The number of carbonyl (C=O) groups is 1. The fourth-order valence-corrected chi connectivity index (χ4v) is 2.78. The van der Waals surface area contributed by atoms with Crippen molar-refractivity contribution < 1.29 is 9.53 Å². The molecule has 4 nitrogen and oxygen atoms in total. The van der Waals surface area contributed by atoms with E-state index in [0.29, 0.717) is 12.3 Å². The molecule has 1 atom stereocenters. The van der Waals surface area contributed by atoms with Gasteiger partial charge in [0.1, 0.15) is 0 Å². The van der Waals surface area contributed by atoms with Crippen LogP contribution in [0.5, 0.6) is 0 Å². The van der Waals surface area contributed by atoms with E-state index in [1.54, 1.807) is 0 Å². The van der Waals surface area contributed by atoms with Gasteiger partial charge in [0.05, 0.1) is 0 Å². The molecule has 1 rings (SSSR count). The van der Waals surface area contributed by atoms with Crippen molar-refractivity contribution in [2.24, 2.45) is 5.92 Å². The molecule has 1 unspecified atom stereocenters. The van der Waals surface area contributed by atoms with Gasteiger partial charge in [-0.3, -0.25) is 4.79 Å². The molecule has 19 heavy (non-hydrogen) atoms. The molecule has 0 radical (unpaired) electrons. The SMILES string of the molecule is CCCC(C)CC(=O)NCC1(N(C)C)CCOCC1. The minimum absolute atomic E-state index is 0.0713. The molecule has 0 aromatic heterocycles. The molecule has 1 amide bonds. The third-order valence-corrected chi connectivity index (χ3v) is 4.30. The van der Waals surface area contributed by atoms with Crippen LogP contribution in [0.15, 0.2) is 0 Å². The Morgan fingerprint density at radius 2 is 2.00 bits per heavy atom. The summed E-state index contributed by atoms with van der Waals surface area (Å²) in [7, 11) is 4.19. The van der Waals surface area contributed by atoms with Crippen LogP contribution in [0.3, 0.4) is 0 Å². The lowest BCUT2D eigenvalue weighted by molar-refractivity contribution is -0.123. The summed E-state index contributed by atoms with van der Waals surface area (Å²) < 4.78 is 5.44. The van der Waals surface area contributed by atoms with Crippen LogP contribution in [-0.4, -0.2) is 50.2 Å². The van der Waals surface area contributed by atoms with Crippen LogP contribution in [0.4, 0.5) is 0 Å². The summed E-state index contributed by atoms with van der Waals surface area (Å²) in [5.41, 5.74) is 0.0713. The average Bonchev–Trinajstić information content (AvgIpc) is 2.37. The van der Waals surface area contributed by atoms with Gasteiger partial charge in [-0.15, -0.1) is 0 Å². The van der Waals surface area contributed by atoms with Crippen LogP contribution in [-0.2, 0) is 9.53 Å². The fourth-order valence-electron chi connectivity index (χ4n) is 2.78. The van der Waals surface area contributed by atoms with Crippen molar-refractivity contribution in [3.8, 4) is 0 Å². The van der Waals surface area contributed by atoms with Gasteiger partial charge >= 0.3 is 0 Å².